The van der Waals surface area contributed by atoms with Crippen molar-refractivity contribution in [3.8, 4) is 11.5 Å². The molecule has 30 heavy (non-hydrogen) atoms. The summed E-state index contributed by atoms with van der Waals surface area (Å²) in [6.07, 6.45) is 0. The van der Waals surface area contributed by atoms with Crippen LogP contribution >= 0.6 is 0 Å². The minimum absolute atomic E-state index is 0.0421. The van der Waals surface area contributed by atoms with Gasteiger partial charge in [0.25, 0.3) is 5.91 Å². The lowest BCUT2D eigenvalue weighted by Crippen LogP contribution is -2.41. The van der Waals surface area contributed by atoms with Gasteiger partial charge in [0.2, 0.25) is 10.0 Å². The van der Waals surface area contributed by atoms with Crippen molar-refractivity contribution >= 4 is 21.6 Å². The molecule has 162 valence electrons. The predicted octanol–water partition coefficient (Wildman–Crippen LogP) is 2.14. The number of hydrogen-bond acceptors (Lipinski definition) is 6. The molecular formula is C20H23FN2O6S. The van der Waals surface area contributed by atoms with E-state index in [4.69, 9.17) is 14.2 Å². The van der Waals surface area contributed by atoms with Crippen molar-refractivity contribution in [1.82, 2.24) is 4.31 Å². The highest BCUT2D eigenvalue weighted by atomic mass is 32.2. The van der Waals surface area contributed by atoms with E-state index in [0.29, 0.717) is 17.2 Å². The zero-order valence-corrected chi connectivity index (χ0v) is 17.7. The van der Waals surface area contributed by atoms with Gasteiger partial charge in [-0.15, -0.1) is 0 Å². The summed E-state index contributed by atoms with van der Waals surface area (Å²) in [6, 6.07) is 8.24. The number of hydrogen-bond donors (Lipinski definition) is 0. The molecular weight excluding hydrogens is 415 g/mol. The zero-order chi connectivity index (χ0) is 21.9. The van der Waals surface area contributed by atoms with Crippen molar-refractivity contribution in [2.24, 2.45) is 0 Å². The maximum absolute atomic E-state index is 14.4. The van der Waals surface area contributed by atoms with Crippen LogP contribution in [-0.4, -0.2) is 66.2 Å². The second-order valence-electron chi connectivity index (χ2n) is 6.57. The molecule has 2 aromatic carbocycles. The molecule has 2 aromatic rings. The second kappa shape index (κ2) is 8.99. The summed E-state index contributed by atoms with van der Waals surface area (Å²) in [7, 11) is 0.423. The molecule has 1 saturated heterocycles. The number of amides is 1. The molecule has 1 aliphatic heterocycles. The fraction of sp³-hybridized carbons (Fsp3) is 0.350. The van der Waals surface area contributed by atoms with Gasteiger partial charge in [0.1, 0.15) is 10.7 Å². The number of morpholine rings is 1. The second-order valence-corrected chi connectivity index (χ2v) is 8.47. The third-order valence-corrected chi connectivity index (χ3v) is 6.74. The molecule has 0 N–H and O–H groups in total. The first kappa shape index (κ1) is 22.0. The van der Waals surface area contributed by atoms with Crippen molar-refractivity contribution in [1.29, 1.82) is 0 Å². The van der Waals surface area contributed by atoms with Crippen molar-refractivity contribution in [2.75, 3.05) is 52.5 Å². The summed E-state index contributed by atoms with van der Waals surface area (Å²) >= 11 is 0. The van der Waals surface area contributed by atoms with E-state index in [9.17, 15) is 17.6 Å². The molecule has 1 aliphatic rings. The number of methoxy groups -OCH3 is 2. The molecule has 10 heteroatoms. The lowest BCUT2D eigenvalue weighted by Gasteiger charge is -2.26. The highest BCUT2D eigenvalue weighted by Crippen LogP contribution is 2.32. The molecule has 0 aliphatic carbocycles. The summed E-state index contributed by atoms with van der Waals surface area (Å²) in [5, 5.41) is 0. The van der Waals surface area contributed by atoms with Crippen molar-refractivity contribution in [2.45, 2.75) is 4.90 Å². The summed E-state index contributed by atoms with van der Waals surface area (Å²) in [5.41, 5.74) is 0.542. The number of ether oxygens (including phenoxy) is 3. The van der Waals surface area contributed by atoms with Crippen LogP contribution < -0.4 is 14.4 Å². The average Bonchev–Trinajstić information content (AvgIpc) is 2.78. The molecule has 0 spiro atoms. The Balaban J connectivity index is 1.92. The summed E-state index contributed by atoms with van der Waals surface area (Å²) < 4.78 is 56.9. The van der Waals surface area contributed by atoms with E-state index in [1.54, 1.807) is 18.2 Å². The predicted molar refractivity (Wildman–Crippen MR) is 108 cm³/mol. The minimum atomic E-state index is -4.09. The van der Waals surface area contributed by atoms with Crippen molar-refractivity contribution in [3.63, 3.8) is 0 Å². The molecule has 8 nitrogen and oxygen atoms in total. The fourth-order valence-electron chi connectivity index (χ4n) is 3.10. The Kier molecular flexibility index (Phi) is 6.59. The maximum Gasteiger partial charge on any atom is 0.258 e. The average molecular weight is 438 g/mol. The van der Waals surface area contributed by atoms with Crippen LogP contribution in [0.1, 0.15) is 10.4 Å². The molecule has 0 bridgehead atoms. The van der Waals surface area contributed by atoms with E-state index in [1.165, 1.54) is 32.2 Å². The molecule has 3 rings (SSSR count). The SMILES string of the molecule is COc1ccc(N(C)C(=O)c2ccc(F)c(S(=O)(=O)N3CCOCC3)c2)cc1OC. The van der Waals surface area contributed by atoms with E-state index in [-0.39, 0.29) is 31.9 Å². The van der Waals surface area contributed by atoms with E-state index >= 15 is 0 Å². The van der Waals surface area contributed by atoms with Gasteiger partial charge >= 0.3 is 0 Å². The molecule has 0 aromatic heterocycles. The smallest absolute Gasteiger partial charge is 0.258 e. The lowest BCUT2D eigenvalue weighted by atomic mass is 10.1. The van der Waals surface area contributed by atoms with Crippen LogP contribution in [0.25, 0.3) is 0 Å². The quantitative estimate of drug-likeness (QED) is 0.687. The summed E-state index contributed by atoms with van der Waals surface area (Å²) in [6.45, 7) is 0.736. The lowest BCUT2D eigenvalue weighted by molar-refractivity contribution is 0.0729. The highest BCUT2D eigenvalue weighted by molar-refractivity contribution is 7.89. The monoisotopic (exact) mass is 438 g/mol. The van der Waals surface area contributed by atoms with E-state index < -0.39 is 26.6 Å². The van der Waals surface area contributed by atoms with E-state index in [1.807, 2.05) is 0 Å². The third kappa shape index (κ3) is 4.25. The number of carbonyl (C=O) groups is 1. The van der Waals surface area contributed by atoms with Crippen LogP contribution in [0.5, 0.6) is 11.5 Å². The van der Waals surface area contributed by atoms with Gasteiger partial charge in [-0.3, -0.25) is 4.79 Å². The number of anilines is 1. The maximum atomic E-state index is 14.4. The number of benzene rings is 2. The molecule has 0 saturated carbocycles. The largest absolute Gasteiger partial charge is 0.493 e. The van der Waals surface area contributed by atoms with Gasteiger partial charge in [-0.2, -0.15) is 4.31 Å². The Morgan fingerprint density at radius 3 is 2.37 bits per heavy atom. The highest BCUT2D eigenvalue weighted by Gasteiger charge is 2.30. The Morgan fingerprint density at radius 2 is 1.73 bits per heavy atom. The Bertz CT molecular complexity index is 1040. The summed E-state index contributed by atoms with van der Waals surface area (Å²) in [5.74, 6) is -0.473. The summed E-state index contributed by atoms with van der Waals surface area (Å²) in [4.78, 5) is 13.8. The van der Waals surface area contributed by atoms with Crippen molar-refractivity contribution in [3.05, 3.63) is 47.8 Å². The number of carbonyl (C=O) groups excluding carboxylic acids is 1. The normalized spacial score (nSPS) is 14.9. The van der Waals surface area contributed by atoms with Gasteiger partial charge in [0, 0.05) is 37.5 Å². The van der Waals surface area contributed by atoms with Gasteiger partial charge in [-0.05, 0) is 30.3 Å². The first-order chi connectivity index (χ1) is 14.3. The number of halogens is 1. The molecule has 1 amide bonds. The third-order valence-electron chi connectivity index (χ3n) is 4.83. The number of sulfonamides is 1. The number of nitrogens with zero attached hydrogens (tertiary/aromatic N) is 2. The van der Waals surface area contributed by atoms with Crippen LogP contribution in [0.4, 0.5) is 10.1 Å². The van der Waals surface area contributed by atoms with Crippen LogP contribution in [0.15, 0.2) is 41.3 Å². The van der Waals surface area contributed by atoms with Gasteiger partial charge < -0.3 is 19.1 Å². The van der Waals surface area contributed by atoms with Crippen LogP contribution in [0, 0.1) is 5.82 Å². The van der Waals surface area contributed by atoms with Gasteiger partial charge in [-0.1, -0.05) is 0 Å². The fourth-order valence-corrected chi connectivity index (χ4v) is 4.60. The first-order valence-electron chi connectivity index (χ1n) is 9.17. The Morgan fingerprint density at radius 1 is 1.07 bits per heavy atom. The standard InChI is InChI=1S/C20H23FN2O6S/c1-22(15-5-7-17(27-2)18(13-15)28-3)20(24)14-4-6-16(21)19(12-14)30(25,26)23-8-10-29-11-9-23/h4-7,12-13H,8-11H2,1-3H3. The van der Waals surface area contributed by atoms with Crippen LogP contribution in [-0.2, 0) is 14.8 Å². The zero-order valence-electron chi connectivity index (χ0n) is 16.9. The Labute approximate surface area is 174 Å². The van der Waals surface area contributed by atoms with Gasteiger partial charge in [-0.25, -0.2) is 12.8 Å². The molecule has 1 fully saturated rings. The van der Waals surface area contributed by atoms with Crippen molar-refractivity contribution < 1.29 is 31.8 Å². The molecule has 0 radical (unpaired) electrons. The molecule has 0 atom stereocenters. The molecule has 0 unspecified atom stereocenters. The van der Waals surface area contributed by atoms with E-state index in [0.717, 1.165) is 16.4 Å². The van der Waals surface area contributed by atoms with Gasteiger partial charge in [0.15, 0.2) is 11.5 Å². The topological polar surface area (TPSA) is 85.4 Å². The Hall–Kier alpha value is -2.69. The molecule has 1 heterocycles. The van der Waals surface area contributed by atoms with Crippen LogP contribution in [0.2, 0.25) is 0 Å². The van der Waals surface area contributed by atoms with Crippen LogP contribution in [0.3, 0.4) is 0 Å². The van der Waals surface area contributed by atoms with Gasteiger partial charge in [0.05, 0.1) is 27.4 Å². The minimum Gasteiger partial charge on any atom is -0.493 e. The van der Waals surface area contributed by atoms with E-state index in [2.05, 4.69) is 0 Å². The first-order valence-corrected chi connectivity index (χ1v) is 10.6. The number of rotatable bonds is 6.